The number of hydrogen-bond donors (Lipinski definition) is 2. The summed E-state index contributed by atoms with van der Waals surface area (Å²) in [7, 11) is 1.34. The zero-order chi connectivity index (χ0) is 16.5. The SMILES string of the molecule is COC(=O)C(Cc1ccc(OC/C(N)=N/O)cc1)OC(C)C. The molecular weight excluding hydrogens is 288 g/mol. The molecule has 0 heterocycles. The molecule has 1 aromatic rings. The first-order chi connectivity index (χ1) is 10.5. The van der Waals surface area contributed by atoms with Crippen LogP contribution in [0.25, 0.3) is 0 Å². The van der Waals surface area contributed by atoms with Crippen molar-refractivity contribution in [1.82, 2.24) is 0 Å². The molecule has 0 bridgehead atoms. The molecule has 0 aliphatic carbocycles. The number of nitrogens with two attached hydrogens (primary N) is 1. The fraction of sp³-hybridized carbons (Fsp3) is 0.467. The largest absolute Gasteiger partial charge is 0.486 e. The number of oxime groups is 1. The zero-order valence-electron chi connectivity index (χ0n) is 13.0. The van der Waals surface area contributed by atoms with Gasteiger partial charge in [0.1, 0.15) is 12.4 Å². The number of rotatable bonds is 8. The molecule has 0 saturated carbocycles. The maximum atomic E-state index is 11.7. The van der Waals surface area contributed by atoms with Crippen molar-refractivity contribution in [2.24, 2.45) is 10.9 Å². The third-order valence-electron chi connectivity index (χ3n) is 2.76. The number of esters is 1. The van der Waals surface area contributed by atoms with Crippen molar-refractivity contribution in [1.29, 1.82) is 0 Å². The molecule has 22 heavy (non-hydrogen) atoms. The fourth-order valence-corrected chi connectivity index (χ4v) is 1.77. The quantitative estimate of drug-likeness (QED) is 0.247. The highest BCUT2D eigenvalue weighted by atomic mass is 16.6. The minimum absolute atomic E-state index is 0.00288. The van der Waals surface area contributed by atoms with Gasteiger partial charge in [-0.25, -0.2) is 4.79 Å². The van der Waals surface area contributed by atoms with Crippen molar-refractivity contribution >= 4 is 11.8 Å². The second-order valence-electron chi connectivity index (χ2n) is 4.92. The van der Waals surface area contributed by atoms with Crippen LogP contribution in [0, 0.1) is 0 Å². The summed E-state index contributed by atoms with van der Waals surface area (Å²) in [5.41, 5.74) is 6.23. The number of amidine groups is 1. The van der Waals surface area contributed by atoms with Crippen molar-refractivity contribution in [3.63, 3.8) is 0 Å². The van der Waals surface area contributed by atoms with E-state index in [4.69, 9.17) is 25.2 Å². The lowest BCUT2D eigenvalue weighted by atomic mass is 10.1. The van der Waals surface area contributed by atoms with Gasteiger partial charge in [0, 0.05) is 6.42 Å². The first-order valence-corrected chi connectivity index (χ1v) is 6.87. The van der Waals surface area contributed by atoms with Crippen LogP contribution < -0.4 is 10.5 Å². The number of carbonyl (C=O) groups excluding carboxylic acids is 1. The molecule has 7 nitrogen and oxygen atoms in total. The molecule has 1 rings (SSSR count). The Bertz CT molecular complexity index is 499. The number of benzene rings is 1. The number of methoxy groups -OCH3 is 1. The van der Waals surface area contributed by atoms with Gasteiger partial charge in [-0.05, 0) is 31.5 Å². The number of nitrogens with zero attached hydrogens (tertiary/aromatic N) is 1. The third kappa shape index (κ3) is 6.01. The molecule has 0 aliphatic heterocycles. The molecule has 1 aromatic carbocycles. The van der Waals surface area contributed by atoms with Gasteiger partial charge in [-0.1, -0.05) is 17.3 Å². The van der Waals surface area contributed by atoms with Gasteiger partial charge in [0.25, 0.3) is 0 Å². The number of ether oxygens (including phenoxy) is 3. The highest BCUT2D eigenvalue weighted by molar-refractivity contribution is 5.81. The zero-order valence-corrected chi connectivity index (χ0v) is 13.0. The molecule has 0 saturated heterocycles. The normalized spacial score (nSPS) is 13.0. The molecule has 122 valence electrons. The Balaban J connectivity index is 2.66. The Labute approximate surface area is 129 Å². The van der Waals surface area contributed by atoms with E-state index in [0.29, 0.717) is 12.2 Å². The van der Waals surface area contributed by atoms with Crippen molar-refractivity contribution in [3.05, 3.63) is 29.8 Å². The standard InChI is InChI=1S/C15H22N2O5/c1-10(2)22-13(15(18)20-3)8-11-4-6-12(7-5-11)21-9-14(16)17-19/h4-7,10,13,19H,8-9H2,1-3H3,(H2,16,17). The Hall–Kier alpha value is -2.28. The molecule has 3 N–H and O–H groups in total. The number of hydrogen-bond acceptors (Lipinski definition) is 6. The van der Waals surface area contributed by atoms with Crippen molar-refractivity contribution in [3.8, 4) is 5.75 Å². The molecular formula is C15H22N2O5. The smallest absolute Gasteiger partial charge is 0.335 e. The maximum Gasteiger partial charge on any atom is 0.335 e. The van der Waals surface area contributed by atoms with Crippen LogP contribution in [0.1, 0.15) is 19.4 Å². The molecule has 0 amide bonds. The average molecular weight is 310 g/mol. The summed E-state index contributed by atoms with van der Waals surface area (Å²) in [6.07, 6.45) is -0.313. The lowest BCUT2D eigenvalue weighted by molar-refractivity contribution is -0.156. The molecule has 0 radical (unpaired) electrons. The predicted molar refractivity (Wildman–Crippen MR) is 81.1 cm³/mol. The predicted octanol–water partition coefficient (Wildman–Crippen LogP) is 1.32. The Kier molecular flexibility index (Phi) is 7.18. The minimum Gasteiger partial charge on any atom is -0.486 e. The van der Waals surface area contributed by atoms with Crippen molar-refractivity contribution in [2.75, 3.05) is 13.7 Å². The van der Waals surface area contributed by atoms with Crippen LogP contribution in [-0.2, 0) is 20.7 Å². The molecule has 0 fully saturated rings. The van der Waals surface area contributed by atoms with Crippen LogP contribution in [0.3, 0.4) is 0 Å². The van der Waals surface area contributed by atoms with E-state index in [9.17, 15) is 4.79 Å². The molecule has 1 unspecified atom stereocenters. The van der Waals surface area contributed by atoms with Gasteiger partial charge in [-0.3, -0.25) is 0 Å². The molecule has 0 spiro atoms. The van der Waals surface area contributed by atoms with E-state index >= 15 is 0 Å². The van der Waals surface area contributed by atoms with E-state index in [2.05, 4.69) is 5.16 Å². The fourth-order valence-electron chi connectivity index (χ4n) is 1.77. The molecule has 7 heteroatoms. The van der Waals surface area contributed by atoms with Crippen LogP contribution in [-0.4, -0.2) is 42.9 Å². The second-order valence-corrected chi connectivity index (χ2v) is 4.92. The summed E-state index contributed by atoms with van der Waals surface area (Å²) in [6, 6.07) is 7.12. The minimum atomic E-state index is -0.645. The first-order valence-electron chi connectivity index (χ1n) is 6.87. The first kappa shape index (κ1) is 17.8. The molecule has 1 atom stereocenters. The van der Waals surface area contributed by atoms with Gasteiger partial charge < -0.3 is 25.2 Å². The van der Waals surface area contributed by atoms with Crippen LogP contribution in [0.5, 0.6) is 5.75 Å². The van der Waals surface area contributed by atoms with Crippen LogP contribution in [0.15, 0.2) is 29.4 Å². The van der Waals surface area contributed by atoms with Gasteiger partial charge in [0.2, 0.25) is 0 Å². The van der Waals surface area contributed by atoms with Crippen LogP contribution in [0.2, 0.25) is 0 Å². The van der Waals surface area contributed by atoms with E-state index in [-0.39, 0.29) is 18.5 Å². The van der Waals surface area contributed by atoms with E-state index in [0.717, 1.165) is 5.56 Å². The summed E-state index contributed by atoms with van der Waals surface area (Å²) in [6.45, 7) is 3.72. The van der Waals surface area contributed by atoms with E-state index in [1.165, 1.54) is 7.11 Å². The van der Waals surface area contributed by atoms with Crippen LogP contribution >= 0.6 is 0 Å². The van der Waals surface area contributed by atoms with Gasteiger partial charge in [-0.2, -0.15) is 0 Å². The highest BCUT2D eigenvalue weighted by Crippen LogP contribution is 2.15. The maximum absolute atomic E-state index is 11.7. The van der Waals surface area contributed by atoms with Gasteiger partial charge in [-0.15, -0.1) is 0 Å². The number of carbonyl (C=O) groups is 1. The highest BCUT2D eigenvalue weighted by Gasteiger charge is 2.21. The van der Waals surface area contributed by atoms with Crippen molar-refractivity contribution < 1.29 is 24.2 Å². The second kappa shape index (κ2) is 8.89. The van der Waals surface area contributed by atoms with E-state index < -0.39 is 12.1 Å². The summed E-state index contributed by atoms with van der Waals surface area (Å²) in [4.78, 5) is 11.7. The average Bonchev–Trinajstić information content (AvgIpc) is 2.51. The van der Waals surface area contributed by atoms with E-state index in [1.54, 1.807) is 12.1 Å². The molecule has 0 aromatic heterocycles. The summed E-state index contributed by atoms with van der Waals surface area (Å²) in [5.74, 6) is 0.163. The summed E-state index contributed by atoms with van der Waals surface area (Å²) < 4.78 is 15.6. The Morgan fingerprint density at radius 3 is 2.45 bits per heavy atom. The van der Waals surface area contributed by atoms with Gasteiger partial charge in [0.05, 0.1) is 13.2 Å². The summed E-state index contributed by atoms with van der Waals surface area (Å²) >= 11 is 0. The Morgan fingerprint density at radius 2 is 1.95 bits per heavy atom. The lowest BCUT2D eigenvalue weighted by Crippen LogP contribution is -2.30. The topological polar surface area (TPSA) is 103 Å². The van der Waals surface area contributed by atoms with E-state index in [1.807, 2.05) is 26.0 Å². The summed E-state index contributed by atoms with van der Waals surface area (Å²) in [5, 5.41) is 11.2. The molecule has 0 aliphatic rings. The Morgan fingerprint density at radius 1 is 1.32 bits per heavy atom. The monoisotopic (exact) mass is 310 g/mol. The van der Waals surface area contributed by atoms with Crippen LogP contribution in [0.4, 0.5) is 0 Å². The van der Waals surface area contributed by atoms with Crippen molar-refractivity contribution in [2.45, 2.75) is 32.5 Å². The van der Waals surface area contributed by atoms with Gasteiger partial charge in [0.15, 0.2) is 11.9 Å². The lowest BCUT2D eigenvalue weighted by Gasteiger charge is -2.18. The third-order valence-corrected chi connectivity index (χ3v) is 2.76. The van der Waals surface area contributed by atoms with Gasteiger partial charge >= 0.3 is 5.97 Å².